The number of rotatable bonds is 6. The number of unbranched alkanes of at least 4 members (excludes halogenated alkanes) is 1. The molecule has 0 aliphatic carbocycles. The number of urea groups is 1. The van der Waals surface area contributed by atoms with Crippen LogP contribution >= 0.6 is 0 Å². The molecule has 0 aromatic carbocycles. The van der Waals surface area contributed by atoms with Gasteiger partial charge in [-0.3, -0.25) is 30.2 Å². The molecule has 11 nitrogen and oxygen atoms in total. The molecule has 1 unspecified atom stereocenters. The van der Waals surface area contributed by atoms with Crippen molar-refractivity contribution in [3.63, 3.8) is 0 Å². The zero-order chi connectivity index (χ0) is 23.7. The lowest BCUT2D eigenvalue weighted by molar-refractivity contribution is -0.134. The van der Waals surface area contributed by atoms with Gasteiger partial charge in [0.25, 0.3) is 11.8 Å². The van der Waals surface area contributed by atoms with E-state index in [2.05, 4.69) is 16.3 Å². The maximum atomic E-state index is 12.7. The Kier molecular flexibility index (Phi) is 9.55. The van der Waals surface area contributed by atoms with Crippen LogP contribution < -0.4 is 16.3 Å². The van der Waals surface area contributed by atoms with Crippen LogP contribution in [0.3, 0.4) is 0 Å². The third kappa shape index (κ3) is 7.54. The lowest BCUT2D eigenvalue weighted by atomic mass is 10.0. The minimum absolute atomic E-state index is 0.401. The van der Waals surface area contributed by atoms with Crippen molar-refractivity contribution in [2.24, 2.45) is 0 Å². The predicted molar refractivity (Wildman–Crippen MR) is 116 cm³/mol. The van der Waals surface area contributed by atoms with E-state index >= 15 is 0 Å². The molecule has 2 atom stereocenters. The lowest BCUT2D eigenvalue weighted by Crippen LogP contribution is -2.59. The highest BCUT2D eigenvalue weighted by atomic mass is 16.7. The molecule has 2 saturated heterocycles. The molecule has 2 aliphatic rings. The molecule has 0 spiro atoms. The van der Waals surface area contributed by atoms with Gasteiger partial charge in [-0.05, 0) is 59.3 Å². The van der Waals surface area contributed by atoms with Crippen molar-refractivity contribution in [2.75, 3.05) is 19.7 Å². The van der Waals surface area contributed by atoms with Crippen LogP contribution in [0.25, 0.3) is 0 Å². The molecule has 0 bridgehead atoms. The molecule has 0 radical (unpaired) electrons. The first kappa shape index (κ1) is 25.7. The number of ether oxygens (including phenoxy) is 1. The summed E-state index contributed by atoms with van der Waals surface area (Å²) < 4.78 is 5.37. The van der Waals surface area contributed by atoms with Gasteiger partial charge in [0.05, 0.1) is 6.61 Å². The first-order valence-corrected chi connectivity index (χ1v) is 11.4. The monoisotopic (exact) mass is 455 g/mol. The number of nitrogens with one attached hydrogen (secondary N) is 3. The number of hydrazine groups is 1. The van der Waals surface area contributed by atoms with Gasteiger partial charge in [0, 0.05) is 13.1 Å². The van der Waals surface area contributed by atoms with Crippen LogP contribution in [-0.2, 0) is 19.2 Å². The fraction of sp³-hybridized carbons (Fsp3) is 0.810. The molecule has 2 fully saturated rings. The number of amides is 5. The van der Waals surface area contributed by atoms with Crippen molar-refractivity contribution >= 4 is 23.9 Å². The van der Waals surface area contributed by atoms with E-state index in [1.54, 1.807) is 20.8 Å². The zero-order valence-corrected chi connectivity index (χ0v) is 19.6. The minimum Gasteiger partial charge on any atom is -0.444 e. The third-order valence-corrected chi connectivity index (χ3v) is 5.32. The van der Waals surface area contributed by atoms with Gasteiger partial charge in [-0.1, -0.05) is 13.3 Å². The van der Waals surface area contributed by atoms with Gasteiger partial charge in [-0.25, -0.2) is 15.1 Å². The van der Waals surface area contributed by atoms with Crippen molar-refractivity contribution in [1.82, 2.24) is 26.1 Å². The van der Waals surface area contributed by atoms with Crippen LogP contribution in [0.15, 0.2) is 0 Å². The van der Waals surface area contributed by atoms with Crippen LogP contribution in [0, 0.1) is 0 Å². The van der Waals surface area contributed by atoms with Crippen molar-refractivity contribution in [3.8, 4) is 0 Å². The Morgan fingerprint density at radius 1 is 0.906 bits per heavy atom. The largest absolute Gasteiger partial charge is 0.444 e. The van der Waals surface area contributed by atoms with Crippen LogP contribution in [0.1, 0.15) is 72.6 Å². The Morgan fingerprint density at radius 3 is 2.12 bits per heavy atom. The van der Waals surface area contributed by atoms with Gasteiger partial charge in [0.2, 0.25) is 0 Å². The van der Waals surface area contributed by atoms with Gasteiger partial charge in [0.15, 0.2) is 0 Å². The summed E-state index contributed by atoms with van der Waals surface area (Å²) >= 11 is 0. The van der Waals surface area contributed by atoms with Crippen LogP contribution in [0.2, 0.25) is 0 Å². The number of hydroxylamine groups is 1. The van der Waals surface area contributed by atoms with E-state index in [9.17, 15) is 19.2 Å². The summed E-state index contributed by atoms with van der Waals surface area (Å²) in [7, 11) is 0. The summed E-state index contributed by atoms with van der Waals surface area (Å²) in [4.78, 5) is 58.1. The normalized spacial score (nSPS) is 21.1. The SMILES string of the molecule is CCCCONC(=O)N1CCCC[C@H]1C(=O)NNC(=O)C1CCCN1C(=O)OC(C)(C)C. The van der Waals surface area contributed by atoms with Crippen LogP contribution in [0.4, 0.5) is 9.59 Å². The standard InChI is InChI=1S/C21H37N5O6/c1-5-6-14-31-24-19(29)25-12-8-7-10-15(25)17(27)22-23-18(28)16-11-9-13-26(16)20(30)32-21(2,3)4/h15-16H,5-14H2,1-4H3,(H,22,27)(H,23,28)(H,24,29)/t15-,16?/m0/s1. The topological polar surface area (TPSA) is 129 Å². The highest BCUT2D eigenvalue weighted by Crippen LogP contribution is 2.21. The molecule has 0 aromatic heterocycles. The van der Waals surface area contributed by atoms with E-state index < -0.39 is 41.6 Å². The number of nitrogens with zero attached hydrogens (tertiary/aromatic N) is 2. The maximum Gasteiger partial charge on any atom is 0.410 e. The van der Waals surface area contributed by atoms with Crippen molar-refractivity contribution < 1.29 is 28.8 Å². The number of hydrogen-bond acceptors (Lipinski definition) is 6. The van der Waals surface area contributed by atoms with E-state index in [-0.39, 0.29) is 0 Å². The van der Waals surface area contributed by atoms with Gasteiger partial charge in [0.1, 0.15) is 17.7 Å². The molecular weight excluding hydrogens is 418 g/mol. The average molecular weight is 456 g/mol. The van der Waals surface area contributed by atoms with Gasteiger partial charge in [-0.15, -0.1) is 0 Å². The summed E-state index contributed by atoms with van der Waals surface area (Å²) in [6, 6.07) is -1.91. The number of hydrogen-bond donors (Lipinski definition) is 3. The molecule has 2 aliphatic heterocycles. The first-order valence-electron chi connectivity index (χ1n) is 11.4. The van der Waals surface area contributed by atoms with Crippen molar-refractivity contribution in [1.29, 1.82) is 0 Å². The summed E-state index contributed by atoms with van der Waals surface area (Å²) in [5.41, 5.74) is 6.54. The Morgan fingerprint density at radius 2 is 1.50 bits per heavy atom. The molecule has 0 aromatic rings. The molecule has 2 rings (SSSR count). The second-order valence-corrected chi connectivity index (χ2v) is 9.12. The van der Waals surface area contributed by atoms with E-state index in [1.165, 1.54) is 9.80 Å². The summed E-state index contributed by atoms with van der Waals surface area (Å²) in [5, 5.41) is 0. The van der Waals surface area contributed by atoms with E-state index in [0.29, 0.717) is 39.0 Å². The average Bonchev–Trinajstić information content (AvgIpc) is 3.24. The second-order valence-electron chi connectivity index (χ2n) is 9.12. The Hall–Kier alpha value is -2.56. The molecule has 182 valence electrons. The maximum absolute atomic E-state index is 12.7. The summed E-state index contributed by atoms with van der Waals surface area (Å²) in [5.74, 6) is -0.972. The lowest BCUT2D eigenvalue weighted by Gasteiger charge is -2.34. The van der Waals surface area contributed by atoms with Gasteiger partial charge in [-0.2, -0.15) is 0 Å². The Labute approximate surface area is 189 Å². The third-order valence-electron chi connectivity index (χ3n) is 5.32. The Balaban J connectivity index is 1.88. The quantitative estimate of drug-likeness (QED) is 0.414. The number of piperidine rings is 1. The fourth-order valence-electron chi connectivity index (χ4n) is 3.70. The predicted octanol–water partition coefficient (Wildman–Crippen LogP) is 1.83. The molecule has 11 heteroatoms. The van der Waals surface area contributed by atoms with Gasteiger partial charge < -0.3 is 9.64 Å². The molecule has 32 heavy (non-hydrogen) atoms. The number of likely N-dealkylation sites (tertiary alicyclic amines) is 2. The first-order chi connectivity index (χ1) is 15.1. The summed E-state index contributed by atoms with van der Waals surface area (Å²) in [6.07, 6.45) is 4.41. The van der Waals surface area contributed by atoms with E-state index in [1.807, 2.05) is 6.92 Å². The molecular formula is C21H37N5O6. The highest BCUT2D eigenvalue weighted by molar-refractivity contribution is 5.91. The van der Waals surface area contributed by atoms with Crippen LogP contribution in [-0.4, -0.2) is 71.1 Å². The smallest absolute Gasteiger partial charge is 0.410 e. The number of carbonyl (C=O) groups is 4. The molecule has 3 N–H and O–H groups in total. The van der Waals surface area contributed by atoms with E-state index in [4.69, 9.17) is 9.57 Å². The second kappa shape index (κ2) is 11.9. The van der Waals surface area contributed by atoms with Gasteiger partial charge >= 0.3 is 12.1 Å². The fourth-order valence-corrected chi connectivity index (χ4v) is 3.70. The molecule has 2 heterocycles. The minimum atomic E-state index is -0.720. The number of carbonyl (C=O) groups excluding carboxylic acids is 4. The Bertz CT molecular complexity index is 680. The zero-order valence-electron chi connectivity index (χ0n) is 19.6. The van der Waals surface area contributed by atoms with Crippen molar-refractivity contribution in [3.05, 3.63) is 0 Å². The van der Waals surface area contributed by atoms with Crippen molar-refractivity contribution in [2.45, 2.75) is 90.3 Å². The summed E-state index contributed by atoms with van der Waals surface area (Å²) in [6.45, 7) is 8.53. The highest BCUT2D eigenvalue weighted by Gasteiger charge is 2.38. The van der Waals surface area contributed by atoms with Crippen LogP contribution in [0.5, 0.6) is 0 Å². The molecule has 0 saturated carbocycles. The van der Waals surface area contributed by atoms with E-state index in [0.717, 1.165) is 25.7 Å². The molecule has 5 amide bonds.